The zero-order chi connectivity index (χ0) is 17.3. The minimum absolute atomic E-state index is 0.0392. The lowest BCUT2D eigenvalue weighted by Crippen LogP contribution is -2.55. The van der Waals surface area contributed by atoms with Crippen molar-refractivity contribution in [2.75, 3.05) is 5.75 Å². The number of carboxylic acid groups (broad SMARTS) is 1. The number of carbonyl (C=O) groups is 3. The molecule has 0 aliphatic carbocycles. The van der Waals surface area contributed by atoms with Crippen molar-refractivity contribution in [3.05, 3.63) is 0 Å². The monoisotopic (exact) mass is 334 g/mol. The van der Waals surface area contributed by atoms with Crippen LogP contribution in [0, 0.1) is 0 Å². The predicted molar refractivity (Wildman–Crippen MR) is 79.9 cm³/mol. The summed E-state index contributed by atoms with van der Waals surface area (Å²) in [5, 5.41) is 22.4. The zero-order valence-electron chi connectivity index (χ0n) is 12.0. The molecule has 4 atom stereocenters. The molecule has 2 amide bonds. The number of aliphatic hydroxyl groups excluding tert-OH is 1. The summed E-state index contributed by atoms with van der Waals surface area (Å²) in [6.45, 7) is 1.28. The van der Waals surface area contributed by atoms with Gasteiger partial charge in [0.2, 0.25) is 18.1 Å². The van der Waals surface area contributed by atoms with Gasteiger partial charge in [-0.3, -0.25) is 19.2 Å². The topological polar surface area (TPSA) is 159 Å². The molecule has 1 radical (unpaired) electrons. The number of nitrogens with one attached hydrogen (secondary N) is 2. The van der Waals surface area contributed by atoms with E-state index in [1.807, 2.05) is 0 Å². The molecule has 0 saturated heterocycles. The van der Waals surface area contributed by atoms with Crippen molar-refractivity contribution in [1.82, 2.24) is 10.6 Å². The Kier molecular flexibility index (Phi) is 9.38. The van der Waals surface area contributed by atoms with Gasteiger partial charge in [-0.25, -0.2) is 0 Å². The molecule has 0 spiro atoms. The fourth-order valence-corrected chi connectivity index (χ4v) is 1.57. The van der Waals surface area contributed by atoms with E-state index in [1.54, 1.807) is 0 Å². The van der Waals surface area contributed by atoms with Gasteiger partial charge < -0.3 is 26.6 Å². The standard InChI is InChI=1S/C12H20N3O6S/c1-6(17)9(4-16)15-12(21)8(2-3-10(18)19)14-11(20)7(13)5-22/h6-9,17,22H,2-3,5,13H2,1H3,(H,14,20)(H,15,21)(H,18,19)/t6-,7+,8+,9-/m1/s1. The average molecular weight is 334 g/mol. The summed E-state index contributed by atoms with van der Waals surface area (Å²) in [5.41, 5.74) is 5.46. The Balaban J connectivity index is 4.89. The van der Waals surface area contributed by atoms with Crippen molar-refractivity contribution in [1.29, 1.82) is 0 Å². The van der Waals surface area contributed by atoms with Crippen LogP contribution in [0.2, 0.25) is 0 Å². The van der Waals surface area contributed by atoms with Gasteiger partial charge in [0.05, 0.1) is 12.1 Å². The minimum Gasteiger partial charge on any atom is -0.481 e. The van der Waals surface area contributed by atoms with E-state index in [9.17, 15) is 24.3 Å². The molecule has 0 bridgehead atoms. The maximum Gasteiger partial charge on any atom is 0.303 e. The number of carbonyl (C=O) groups excluding carboxylic acids is 3. The molecular weight excluding hydrogens is 314 g/mol. The highest BCUT2D eigenvalue weighted by atomic mass is 32.1. The highest BCUT2D eigenvalue weighted by Crippen LogP contribution is 2.01. The molecule has 0 rings (SSSR count). The van der Waals surface area contributed by atoms with Crippen LogP contribution < -0.4 is 16.4 Å². The number of aliphatic carboxylic acids is 1. The maximum atomic E-state index is 12.0. The van der Waals surface area contributed by atoms with Crippen molar-refractivity contribution in [3.8, 4) is 0 Å². The summed E-state index contributed by atoms with van der Waals surface area (Å²) in [7, 11) is 0. The first-order valence-electron chi connectivity index (χ1n) is 6.47. The Bertz CT molecular complexity index is 418. The molecule has 0 aliphatic rings. The summed E-state index contributed by atoms with van der Waals surface area (Å²) in [5.74, 6) is -2.60. The Morgan fingerprint density at radius 2 is 1.86 bits per heavy atom. The summed E-state index contributed by atoms with van der Waals surface area (Å²) < 4.78 is 0. The lowest BCUT2D eigenvalue weighted by molar-refractivity contribution is -0.138. The fraction of sp³-hybridized carbons (Fsp3) is 0.667. The summed E-state index contributed by atoms with van der Waals surface area (Å²) in [4.78, 5) is 44.9. The van der Waals surface area contributed by atoms with Gasteiger partial charge in [-0.15, -0.1) is 0 Å². The third-order valence-electron chi connectivity index (χ3n) is 2.72. The van der Waals surface area contributed by atoms with Crippen LogP contribution in [0.15, 0.2) is 0 Å². The number of aliphatic hydroxyl groups is 1. The van der Waals surface area contributed by atoms with E-state index in [2.05, 4.69) is 23.3 Å². The number of hydrogen-bond donors (Lipinski definition) is 6. The average Bonchev–Trinajstić information content (AvgIpc) is 2.46. The Labute approximate surface area is 133 Å². The van der Waals surface area contributed by atoms with Gasteiger partial charge in [0.25, 0.3) is 0 Å². The van der Waals surface area contributed by atoms with Crippen LogP contribution in [0.3, 0.4) is 0 Å². The van der Waals surface area contributed by atoms with Crippen LogP contribution in [0.25, 0.3) is 0 Å². The van der Waals surface area contributed by atoms with Gasteiger partial charge in [0, 0.05) is 12.2 Å². The van der Waals surface area contributed by atoms with Crippen molar-refractivity contribution in [2.24, 2.45) is 5.73 Å². The summed E-state index contributed by atoms with van der Waals surface area (Å²) >= 11 is 3.85. The molecule has 0 aromatic carbocycles. The van der Waals surface area contributed by atoms with Gasteiger partial charge in [-0.05, 0) is 13.3 Å². The molecule has 0 aromatic rings. The molecule has 22 heavy (non-hydrogen) atoms. The summed E-state index contributed by atoms with van der Waals surface area (Å²) in [6, 6.07) is -3.45. The fourth-order valence-electron chi connectivity index (χ4n) is 1.40. The third kappa shape index (κ3) is 7.38. The summed E-state index contributed by atoms with van der Waals surface area (Å²) in [6.07, 6.45) is -0.315. The van der Waals surface area contributed by atoms with Crippen LogP contribution in [0.4, 0.5) is 0 Å². The Morgan fingerprint density at radius 3 is 2.27 bits per heavy atom. The second kappa shape index (κ2) is 10.1. The van der Waals surface area contributed by atoms with Crippen LogP contribution in [-0.2, 0) is 19.2 Å². The lowest BCUT2D eigenvalue weighted by Gasteiger charge is -2.22. The Hall–Kier alpha value is -1.65. The number of hydrogen-bond acceptors (Lipinski definition) is 7. The van der Waals surface area contributed by atoms with Gasteiger partial charge in [-0.1, -0.05) is 0 Å². The highest BCUT2D eigenvalue weighted by Gasteiger charge is 2.27. The van der Waals surface area contributed by atoms with Crippen LogP contribution in [0.5, 0.6) is 0 Å². The molecule has 0 saturated carbocycles. The number of thiol groups is 1. The SMILES string of the molecule is C[C@@H](O)[C@@H]([C]=O)NC(=O)[C@H](CCC(=O)O)NC(=O)[C@@H](N)CS. The van der Waals surface area contributed by atoms with Crippen molar-refractivity contribution in [3.63, 3.8) is 0 Å². The van der Waals surface area contributed by atoms with E-state index in [0.717, 1.165) is 0 Å². The van der Waals surface area contributed by atoms with E-state index in [-0.39, 0.29) is 18.6 Å². The van der Waals surface area contributed by atoms with E-state index in [4.69, 9.17) is 10.8 Å². The van der Waals surface area contributed by atoms with Gasteiger partial charge in [-0.2, -0.15) is 12.6 Å². The molecule has 6 N–H and O–H groups in total. The first-order valence-corrected chi connectivity index (χ1v) is 7.10. The van der Waals surface area contributed by atoms with Gasteiger partial charge in [0.1, 0.15) is 12.1 Å². The third-order valence-corrected chi connectivity index (χ3v) is 3.11. The molecule has 0 unspecified atom stereocenters. The molecular formula is C12H20N3O6S. The first kappa shape index (κ1) is 20.3. The smallest absolute Gasteiger partial charge is 0.303 e. The minimum atomic E-state index is -1.28. The molecule has 0 aliphatic heterocycles. The van der Waals surface area contributed by atoms with E-state index < -0.39 is 42.0 Å². The molecule has 0 heterocycles. The van der Waals surface area contributed by atoms with Crippen molar-refractivity contribution < 1.29 is 29.4 Å². The molecule has 125 valence electrons. The number of amides is 2. The predicted octanol–water partition coefficient (Wildman–Crippen LogP) is -2.43. The highest BCUT2D eigenvalue weighted by molar-refractivity contribution is 7.80. The molecule has 10 heteroatoms. The zero-order valence-corrected chi connectivity index (χ0v) is 12.9. The van der Waals surface area contributed by atoms with Crippen LogP contribution in [0.1, 0.15) is 19.8 Å². The van der Waals surface area contributed by atoms with Crippen LogP contribution in [-0.4, -0.2) is 64.3 Å². The van der Waals surface area contributed by atoms with Crippen LogP contribution >= 0.6 is 12.6 Å². The second-order valence-electron chi connectivity index (χ2n) is 4.63. The maximum absolute atomic E-state index is 12.0. The van der Waals surface area contributed by atoms with E-state index in [1.165, 1.54) is 13.2 Å². The van der Waals surface area contributed by atoms with Gasteiger partial charge in [0.15, 0.2) is 0 Å². The number of carboxylic acids is 1. The number of nitrogens with two attached hydrogens (primary N) is 1. The van der Waals surface area contributed by atoms with Gasteiger partial charge >= 0.3 is 5.97 Å². The lowest BCUT2D eigenvalue weighted by atomic mass is 10.1. The van der Waals surface area contributed by atoms with E-state index >= 15 is 0 Å². The quantitative estimate of drug-likeness (QED) is 0.242. The molecule has 0 fully saturated rings. The largest absolute Gasteiger partial charge is 0.481 e. The Morgan fingerprint density at radius 1 is 1.27 bits per heavy atom. The second-order valence-corrected chi connectivity index (χ2v) is 4.99. The number of rotatable bonds is 10. The molecule has 0 aromatic heterocycles. The normalized spacial score (nSPS) is 16.0. The van der Waals surface area contributed by atoms with Crippen molar-refractivity contribution in [2.45, 2.75) is 44.0 Å². The first-order chi connectivity index (χ1) is 10.2. The van der Waals surface area contributed by atoms with Crippen molar-refractivity contribution >= 4 is 36.7 Å². The van der Waals surface area contributed by atoms with E-state index in [0.29, 0.717) is 0 Å². The molecule has 9 nitrogen and oxygen atoms in total.